The SMILES string of the molecule is Fc1cccc(C2CNNC2C2CCN(Cc3ccc4occc4c3)CC2)c1. The molecule has 2 aromatic carbocycles. The Morgan fingerprint density at radius 1 is 1.07 bits per heavy atom. The first-order valence-corrected chi connectivity index (χ1v) is 10.2. The zero-order valence-electron chi connectivity index (χ0n) is 15.9. The monoisotopic (exact) mass is 379 g/mol. The largest absolute Gasteiger partial charge is 0.464 e. The van der Waals surface area contributed by atoms with Crippen molar-refractivity contribution in [3.05, 3.63) is 71.7 Å². The van der Waals surface area contributed by atoms with Crippen molar-refractivity contribution in [2.75, 3.05) is 19.6 Å². The molecule has 0 bridgehead atoms. The number of halogens is 1. The lowest BCUT2D eigenvalue weighted by atomic mass is 9.80. The molecule has 2 N–H and O–H groups in total. The molecule has 2 aliphatic rings. The van der Waals surface area contributed by atoms with Gasteiger partial charge in [0.2, 0.25) is 0 Å². The van der Waals surface area contributed by atoms with Crippen LogP contribution >= 0.6 is 0 Å². The van der Waals surface area contributed by atoms with E-state index < -0.39 is 0 Å². The van der Waals surface area contributed by atoms with Crippen molar-refractivity contribution in [1.82, 2.24) is 15.8 Å². The van der Waals surface area contributed by atoms with Crippen molar-refractivity contribution in [3.63, 3.8) is 0 Å². The van der Waals surface area contributed by atoms with E-state index in [-0.39, 0.29) is 5.82 Å². The van der Waals surface area contributed by atoms with E-state index in [2.05, 4.69) is 40.0 Å². The maximum absolute atomic E-state index is 13.7. The number of furan rings is 1. The fourth-order valence-electron chi connectivity index (χ4n) is 4.87. The van der Waals surface area contributed by atoms with Crippen LogP contribution in [-0.4, -0.2) is 30.6 Å². The predicted molar refractivity (Wildman–Crippen MR) is 108 cm³/mol. The summed E-state index contributed by atoms with van der Waals surface area (Å²) < 4.78 is 19.1. The van der Waals surface area contributed by atoms with Crippen LogP contribution in [0.25, 0.3) is 11.0 Å². The summed E-state index contributed by atoms with van der Waals surface area (Å²) in [6, 6.07) is 15.9. The highest BCUT2D eigenvalue weighted by molar-refractivity contribution is 5.77. The number of nitrogens with one attached hydrogen (secondary N) is 2. The molecule has 5 heteroatoms. The topological polar surface area (TPSA) is 40.4 Å². The highest BCUT2D eigenvalue weighted by Gasteiger charge is 2.36. The number of rotatable bonds is 4. The minimum absolute atomic E-state index is 0.146. The molecule has 1 aromatic heterocycles. The summed E-state index contributed by atoms with van der Waals surface area (Å²) in [6.45, 7) is 4.04. The summed E-state index contributed by atoms with van der Waals surface area (Å²) >= 11 is 0. The number of piperidine rings is 1. The van der Waals surface area contributed by atoms with Gasteiger partial charge in [-0.25, -0.2) is 4.39 Å². The molecule has 2 atom stereocenters. The minimum atomic E-state index is -0.146. The number of nitrogens with zero attached hydrogens (tertiary/aromatic N) is 1. The van der Waals surface area contributed by atoms with Crippen molar-refractivity contribution < 1.29 is 8.81 Å². The number of hydrazine groups is 1. The fourth-order valence-corrected chi connectivity index (χ4v) is 4.87. The summed E-state index contributed by atoms with van der Waals surface area (Å²) in [4.78, 5) is 2.54. The third-order valence-electron chi connectivity index (χ3n) is 6.36. The van der Waals surface area contributed by atoms with E-state index in [1.54, 1.807) is 12.3 Å². The Balaban J connectivity index is 1.21. The Kier molecular flexibility index (Phi) is 4.89. The number of hydrogen-bond donors (Lipinski definition) is 2. The molecule has 4 nitrogen and oxygen atoms in total. The van der Waals surface area contributed by atoms with Gasteiger partial charge in [0.15, 0.2) is 0 Å². The molecule has 146 valence electrons. The Bertz CT molecular complexity index is 948. The lowest BCUT2D eigenvalue weighted by molar-refractivity contribution is 0.152. The van der Waals surface area contributed by atoms with Crippen LogP contribution in [0.3, 0.4) is 0 Å². The minimum Gasteiger partial charge on any atom is -0.464 e. The van der Waals surface area contributed by atoms with Crippen LogP contribution in [0.15, 0.2) is 59.2 Å². The highest BCUT2D eigenvalue weighted by Crippen LogP contribution is 2.33. The third kappa shape index (κ3) is 3.58. The van der Waals surface area contributed by atoms with Crippen LogP contribution in [0, 0.1) is 11.7 Å². The van der Waals surface area contributed by atoms with Gasteiger partial charge in [-0.3, -0.25) is 15.8 Å². The van der Waals surface area contributed by atoms with Gasteiger partial charge < -0.3 is 4.42 Å². The van der Waals surface area contributed by atoms with Gasteiger partial charge in [-0.05, 0) is 73.3 Å². The van der Waals surface area contributed by atoms with Crippen LogP contribution in [0.4, 0.5) is 4.39 Å². The van der Waals surface area contributed by atoms with Gasteiger partial charge in [0.1, 0.15) is 11.4 Å². The van der Waals surface area contributed by atoms with Crippen LogP contribution in [0.2, 0.25) is 0 Å². The normalized spacial score (nSPS) is 24.2. The zero-order chi connectivity index (χ0) is 18.9. The summed E-state index contributed by atoms with van der Waals surface area (Å²) in [7, 11) is 0. The second-order valence-corrected chi connectivity index (χ2v) is 8.12. The summed E-state index contributed by atoms with van der Waals surface area (Å²) in [5.41, 5.74) is 10.2. The maximum atomic E-state index is 13.7. The molecular weight excluding hydrogens is 353 g/mol. The molecule has 0 radical (unpaired) electrons. The number of fused-ring (bicyclic) bond motifs is 1. The average Bonchev–Trinajstić information content (AvgIpc) is 3.38. The summed E-state index contributed by atoms with van der Waals surface area (Å²) in [5, 5.41) is 1.17. The van der Waals surface area contributed by atoms with Crippen LogP contribution in [0.5, 0.6) is 0 Å². The number of hydrogen-bond acceptors (Lipinski definition) is 4. The molecule has 2 saturated heterocycles. The molecule has 3 heterocycles. The van der Waals surface area contributed by atoms with E-state index in [9.17, 15) is 4.39 Å². The van der Waals surface area contributed by atoms with Crippen molar-refractivity contribution in [3.8, 4) is 0 Å². The van der Waals surface area contributed by atoms with Crippen molar-refractivity contribution in [2.24, 2.45) is 5.92 Å². The first-order chi connectivity index (χ1) is 13.8. The molecule has 3 aromatic rings. The molecule has 5 rings (SSSR count). The van der Waals surface area contributed by atoms with E-state index in [0.29, 0.717) is 17.9 Å². The Hall–Kier alpha value is -2.21. The van der Waals surface area contributed by atoms with E-state index in [1.165, 1.54) is 29.9 Å². The van der Waals surface area contributed by atoms with Gasteiger partial charge in [0, 0.05) is 30.4 Å². The second kappa shape index (κ2) is 7.66. The zero-order valence-corrected chi connectivity index (χ0v) is 15.9. The Morgan fingerprint density at radius 2 is 1.96 bits per heavy atom. The van der Waals surface area contributed by atoms with Crippen LogP contribution in [-0.2, 0) is 6.54 Å². The molecule has 0 amide bonds. The van der Waals surface area contributed by atoms with Crippen molar-refractivity contribution in [2.45, 2.75) is 31.3 Å². The number of benzene rings is 2. The second-order valence-electron chi connectivity index (χ2n) is 8.12. The molecule has 2 fully saturated rings. The fraction of sp³-hybridized carbons (Fsp3) is 0.391. The van der Waals surface area contributed by atoms with E-state index in [1.807, 2.05) is 12.1 Å². The highest BCUT2D eigenvalue weighted by atomic mass is 19.1. The standard InChI is InChI=1S/C23H26FN3O/c24-20-3-1-2-18(13-20)21-14-25-26-23(21)17-6-9-27(10-7-17)15-16-4-5-22-19(12-16)8-11-28-22/h1-5,8,11-13,17,21,23,25-26H,6-7,9-10,14-15H2. The molecular formula is C23H26FN3O. The quantitative estimate of drug-likeness (QED) is 0.718. The van der Waals surface area contributed by atoms with Crippen molar-refractivity contribution in [1.29, 1.82) is 0 Å². The Morgan fingerprint density at radius 3 is 2.82 bits per heavy atom. The first-order valence-electron chi connectivity index (χ1n) is 10.2. The van der Waals surface area contributed by atoms with Gasteiger partial charge in [-0.1, -0.05) is 18.2 Å². The third-order valence-corrected chi connectivity index (χ3v) is 6.36. The summed E-state index contributed by atoms with van der Waals surface area (Å²) in [6.07, 6.45) is 4.08. The molecule has 28 heavy (non-hydrogen) atoms. The smallest absolute Gasteiger partial charge is 0.133 e. The lowest BCUT2D eigenvalue weighted by Gasteiger charge is -2.36. The van der Waals surface area contributed by atoms with E-state index >= 15 is 0 Å². The van der Waals surface area contributed by atoms with Gasteiger partial charge in [-0.2, -0.15) is 0 Å². The van der Waals surface area contributed by atoms with E-state index in [0.717, 1.165) is 37.3 Å². The van der Waals surface area contributed by atoms with Crippen LogP contribution in [0.1, 0.15) is 29.9 Å². The summed E-state index contributed by atoms with van der Waals surface area (Å²) in [5.74, 6) is 0.791. The van der Waals surface area contributed by atoms with Gasteiger partial charge >= 0.3 is 0 Å². The van der Waals surface area contributed by atoms with Crippen LogP contribution < -0.4 is 10.9 Å². The lowest BCUT2D eigenvalue weighted by Crippen LogP contribution is -2.44. The first kappa shape index (κ1) is 17.9. The number of likely N-dealkylation sites (tertiary alicyclic amines) is 1. The Labute approximate surface area is 164 Å². The molecule has 0 aliphatic carbocycles. The van der Waals surface area contributed by atoms with E-state index in [4.69, 9.17) is 4.42 Å². The van der Waals surface area contributed by atoms with Gasteiger partial charge in [-0.15, -0.1) is 0 Å². The van der Waals surface area contributed by atoms with Gasteiger partial charge in [0.05, 0.1) is 6.26 Å². The molecule has 0 saturated carbocycles. The van der Waals surface area contributed by atoms with Crippen molar-refractivity contribution >= 4 is 11.0 Å². The maximum Gasteiger partial charge on any atom is 0.133 e. The molecule has 2 aliphatic heterocycles. The molecule has 2 unspecified atom stereocenters. The average molecular weight is 379 g/mol. The molecule has 0 spiro atoms. The predicted octanol–water partition coefficient (Wildman–Crippen LogP) is 4.04. The van der Waals surface area contributed by atoms with Gasteiger partial charge in [0.25, 0.3) is 0 Å².